The molecule has 0 bridgehead atoms. The number of piperidine rings is 2. The molecule has 2 aromatic carbocycles. The maximum Gasteiger partial charge on any atom is 0.210 e. The number of nitrogens with zero attached hydrogens (tertiary/aromatic N) is 4. The second-order valence-corrected chi connectivity index (χ2v) is 19.4. The molecule has 0 N–H and O–H groups in total. The molecule has 0 saturated carbocycles. The number of halogens is 1. The van der Waals surface area contributed by atoms with Gasteiger partial charge in [-0.1, -0.05) is 77.6 Å². The van der Waals surface area contributed by atoms with Gasteiger partial charge in [0, 0.05) is 55.9 Å². The fourth-order valence-corrected chi connectivity index (χ4v) is 10.9. The van der Waals surface area contributed by atoms with Crippen LogP contribution in [0.1, 0.15) is 110 Å². The van der Waals surface area contributed by atoms with Crippen molar-refractivity contribution in [3.8, 4) is 5.75 Å². The average molecular weight is 813 g/mol. The molecule has 12 heteroatoms. The van der Waals surface area contributed by atoms with Crippen LogP contribution in [0.15, 0.2) is 57.3 Å². The molecule has 0 aliphatic carbocycles. The van der Waals surface area contributed by atoms with Crippen molar-refractivity contribution in [1.29, 1.82) is 0 Å². The highest BCUT2D eigenvalue weighted by atomic mass is 32.2. The van der Waals surface area contributed by atoms with Crippen LogP contribution < -0.4 is 9.64 Å². The number of anilines is 1. The van der Waals surface area contributed by atoms with Crippen molar-refractivity contribution in [2.75, 3.05) is 70.2 Å². The summed E-state index contributed by atoms with van der Waals surface area (Å²) in [5, 5.41) is 0.645. The number of morpholine rings is 1. The molecule has 1 unspecified atom stereocenters. The number of unbranched alkanes of at least 4 members (excludes halogenated alkanes) is 11. The molecule has 0 amide bonds. The van der Waals surface area contributed by atoms with Crippen LogP contribution in [0, 0.1) is 5.82 Å². The fourth-order valence-electron chi connectivity index (χ4n) is 8.87. The predicted octanol–water partition coefficient (Wildman–Crippen LogP) is 8.79. The smallest absolute Gasteiger partial charge is 0.210 e. The topological polar surface area (TPSA) is 98.3 Å². The largest absolute Gasteiger partial charge is 0.612 e. The van der Waals surface area contributed by atoms with Crippen molar-refractivity contribution in [2.24, 2.45) is 0 Å². The highest BCUT2D eigenvalue weighted by molar-refractivity contribution is 7.91. The lowest BCUT2D eigenvalue weighted by Gasteiger charge is -2.45. The average Bonchev–Trinajstić information content (AvgIpc) is 3.22. The Balaban J connectivity index is 1.08. The first-order valence-corrected chi connectivity index (χ1v) is 24.5. The van der Waals surface area contributed by atoms with E-state index in [0.29, 0.717) is 53.3 Å². The molecule has 3 saturated heterocycles. The fraction of sp³-hybridized carbons (Fsp3) is 0.659. The molecule has 56 heavy (non-hydrogen) atoms. The molecule has 0 radical (unpaired) electrons. The van der Waals surface area contributed by atoms with Gasteiger partial charge in [-0.15, -0.1) is 0 Å². The third-order valence-electron chi connectivity index (χ3n) is 12.2. The second-order valence-electron chi connectivity index (χ2n) is 16.1. The number of likely N-dealkylation sites (tertiary alicyclic amines) is 1. The SMILES string of the molecule is CCCCCCCCCCCCCCOc1ccc(S(=O)(=O)c2cnc3ccc([S+](C)[O-])cc3c2N2CCC(N3CCC(N4CCOCC4)CC3)CC2)cc1F. The van der Waals surface area contributed by atoms with E-state index in [1.54, 1.807) is 18.4 Å². The summed E-state index contributed by atoms with van der Waals surface area (Å²) in [6, 6.07) is 10.4. The third-order valence-corrected chi connectivity index (χ3v) is 14.9. The van der Waals surface area contributed by atoms with Crippen molar-refractivity contribution in [1.82, 2.24) is 14.8 Å². The number of fused-ring (bicyclic) bond motifs is 1. The van der Waals surface area contributed by atoms with E-state index < -0.39 is 26.8 Å². The normalized spacial score (nSPS) is 18.8. The Kier molecular flexibility index (Phi) is 16.6. The molecule has 3 aliphatic heterocycles. The summed E-state index contributed by atoms with van der Waals surface area (Å²) >= 11 is -1.27. The minimum Gasteiger partial charge on any atom is -0.612 e. The van der Waals surface area contributed by atoms with E-state index in [1.807, 2.05) is 6.07 Å². The number of hydrogen-bond acceptors (Lipinski definition) is 9. The molecule has 1 aromatic heterocycles. The van der Waals surface area contributed by atoms with E-state index in [4.69, 9.17) is 9.47 Å². The highest BCUT2D eigenvalue weighted by Crippen LogP contribution is 2.39. The van der Waals surface area contributed by atoms with Crippen molar-refractivity contribution >= 4 is 37.6 Å². The number of pyridine rings is 1. The van der Waals surface area contributed by atoms with Gasteiger partial charge in [-0.25, -0.2) is 12.8 Å². The number of ether oxygens (including phenoxy) is 2. The Morgan fingerprint density at radius 3 is 2.00 bits per heavy atom. The Bertz CT molecular complexity index is 1770. The van der Waals surface area contributed by atoms with Crippen molar-refractivity contribution in [3.63, 3.8) is 0 Å². The van der Waals surface area contributed by atoms with Crippen molar-refractivity contribution < 1.29 is 26.8 Å². The van der Waals surface area contributed by atoms with E-state index in [0.717, 1.165) is 90.4 Å². The standard InChI is InChI=1S/C44H65FN4O5S2/c1-3-4-5-6-7-8-9-10-11-12-13-14-29-54-42-18-16-38(33-40(42)45)56(51,52)43-34-46-41-17-15-37(55(2)50)32-39(41)44(43)49-25-21-35(22-26-49)47-23-19-36(20-24-47)48-27-30-53-31-28-48/h15-18,32-36H,3-14,19-31H2,1-2H3. The number of sulfone groups is 1. The minimum absolute atomic E-state index is 0.0402. The lowest BCUT2D eigenvalue weighted by Crippen LogP contribution is -2.53. The molecule has 4 heterocycles. The zero-order chi connectivity index (χ0) is 39.3. The summed E-state index contributed by atoms with van der Waals surface area (Å²) in [5.41, 5.74) is 1.19. The monoisotopic (exact) mass is 812 g/mol. The zero-order valence-corrected chi connectivity index (χ0v) is 35.5. The Morgan fingerprint density at radius 1 is 0.804 bits per heavy atom. The van der Waals surface area contributed by atoms with E-state index in [1.165, 1.54) is 76.1 Å². The van der Waals surface area contributed by atoms with Crippen LogP contribution in [0.3, 0.4) is 0 Å². The second kappa shape index (κ2) is 21.5. The lowest BCUT2D eigenvalue weighted by atomic mass is 9.96. The molecule has 9 nitrogen and oxygen atoms in total. The zero-order valence-electron chi connectivity index (χ0n) is 33.9. The van der Waals surface area contributed by atoms with E-state index in [-0.39, 0.29) is 15.5 Å². The number of benzene rings is 2. The molecule has 3 fully saturated rings. The first-order chi connectivity index (χ1) is 27.3. The van der Waals surface area contributed by atoms with Gasteiger partial charge in [0.15, 0.2) is 16.5 Å². The van der Waals surface area contributed by atoms with Gasteiger partial charge in [0.2, 0.25) is 9.84 Å². The summed E-state index contributed by atoms with van der Waals surface area (Å²) in [6.07, 6.45) is 22.0. The maximum absolute atomic E-state index is 15.5. The molecule has 6 rings (SSSR count). The van der Waals surface area contributed by atoms with Gasteiger partial charge in [-0.3, -0.25) is 9.88 Å². The van der Waals surface area contributed by atoms with Crippen LogP contribution in [-0.4, -0.2) is 105 Å². The molecular weight excluding hydrogens is 748 g/mol. The summed E-state index contributed by atoms with van der Waals surface area (Å²) in [4.78, 5) is 12.4. The van der Waals surface area contributed by atoms with Gasteiger partial charge in [-0.05, 0) is 86.7 Å². The van der Waals surface area contributed by atoms with Gasteiger partial charge in [0.1, 0.15) is 11.2 Å². The van der Waals surface area contributed by atoms with Crippen LogP contribution in [0.2, 0.25) is 0 Å². The van der Waals surface area contributed by atoms with E-state index >= 15 is 4.39 Å². The van der Waals surface area contributed by atoms with Gasteiger partial charge in [-0.2, -0.15) is 0 Å². The van der Waals surface area contributed by atoms with Crippen molar-refractivity contribution in [3.05, 3.63) is 48.4 Å². The lowest BCUT2D eigenvalue weighted by molar-refractivity contribution is -0.00446. The number of aromatic nitrogens is 1. The Morgan fingerprint density at radius 2 is 1.39 bits per heavy atom. The van der Waals surface area contributed by atoms with Gasteiger partial charge in [0.25, 0.3) is 0 Å². The molecule has 3 aromatic rings. The van der Waals surface area contributed by atoms with Gasteiger partial charge in [0.05, 0.1) is 35.9 Å². The van der Waals surface area contributed by atoms with Crippen LogP contribution in [0.25, 0.3) is 10.9 Å². The summed E-state index contributed by atoms with van der Waals surface area (Å²) in [6.45, 7) is 9.82. The molecular formula is C44H65FN4O5S2. The maximum atomic E-state index is 15.5. The molecule has 0 spiro atoms. The number of hydrogen-bond donors (Lipinski definition) is 0. The Hall–Kier alpha value is -2.48. The quantitative estimate of drug-likeness (QED) is 0.0820. The predicted molar refractivity (Wildman–Crippen MR) is 225 cm³/mol. The third kappa shape index (κ3) is 11.4. The molecule has 3 aliphatic rings. The van der Waals surface area contributed by atoms with Gasteiger partial charge >= 0.3 is 0 Å². The summed E-state index contributed by atoms with van der Waals surface area (Å²) in [5.74, 6) is -0.628. The Labute approximate surface area is 338 Å². The summed E-state index contributed by atoms with van der Waals surface area (Å²) in [7, 11) is -4.18. The first-order valence-electron chi connectivity index (χ1n) is 21.5. The molecule has 1 atom stereocenters. The van der Waals surface area contributed by atoms with Crippen molar-refractivity contribution in [2.45, 2.75) is 136 Å². The van der Waals surface area contributed by atoms with E-state index in [2.05, 4.69) is 26.6 Å². The highest BCUT2D eigenvalue weighted by Gasteiger charge is 2.34. The van der Waals surface area contributed by atoms with Crippen LogP contribution >= 0.6 is 0 Å². The van der Waals surface area contributed by atoms with Crippen LogP contribution in [0.5, 0.6) is 5.75 Å². The van der Waals surface area contributed by atoms with E-state index in [9.17, 15) is 13.0 Å². The van der Waals surface area contributed by atoms with Crippen LogP contribution in [-0.2, 0) is 25.7 Å². The van der Waals surface area contributed by atoms with Crippen LogP contribution in [0.4, 0.5) is 10.1 Å². The van der Waals surface area contributed by atoms with Gasteiger partial charge < -0.3 is 23.8 Å². The minimum atomic E-state index is -4.18. The number of rotatable bonds is 20. The molecule has 310 valence electrons. The summed E-state index contributed by atoms with van der Waals surface area (Å²) < 4.78 is 68.3. The first kappa shape index (κ1) is 43.1.